The molecule has 0 fully saturated rings. The molecule has 0 atom stereocenters. The number of hydrogen-bond acceptors (Lipinski definition) is 8. The van der Waals surface area contributed by atoms with Gasteiger partial charge >= 0.3 is 17.7 Å². The third-order valence-electron chi connectivity index (χ3n) is 2.31. The Morgan fingerprint density at radius 1 is 1.14 bits per heavy atom. The lowest BCUT2D eigenvalue weighted by atomic mass is 10.3. The second-order valence-electron chi connectivity index (χ2n) is 3.57. The normalized spacial score (nSPS) is 10.0. The smallest absolute Gasteiger partial charge is 0.329 e. The van der Waals surface area contributed by atoms with Gasteiger partial charge in [-0.3, -0.25) is 10.1 Å². The molecular formula is C11H9ClN4O5. The average molecular weight is 313 g/mol. The molecule has 10 heteroatoms. The largest absolute Gasteiger partial charge is 0.496 e. The molecule has 0 amide bonds. The standard InChI is InChI=1S/C11H9ClN4O5/c1-19-6-3-4-8(7(5-6)16(17)18)21-11-14-9(12)13-10(15-11)20-2/h3-5H,1-2H3. The van der Waals surface area contributed by atoms with Crippen molar-refractivity contribution in [1.82, 2.24) is 15.0 Å². The van der Waals surface area contributed by atoms with Gasteiger partial charge in [0.1, 0.15) is 5.75 Å². The van der Waals surface area contributed by atoms with E-state index in [9.17, 15) is 10.1 Å². The highest BCUT2D eigenvalue weighted by Gasteiger charge is 2.19. The Kier molecular flexibility index (Phi) is 4.33. The Bertz CT molecular complexity index is 682. The van der Waals surface area contributed by atoms with Crippen LogP contribution in [0.2, 0.25) is 5.28 Å². The molecule has 0 aliphatic carbocycles. The van der Waals surface area contributed by atoms with E-state index in [-0.39, 0.29) is 28.7 Å². The lowest BCUT2D eigenvalue weighted by Crippen LogP contribution is -2.00. The second-order valence-corrected chi connectivity index (χ2v) is 3.90. The highest BCUT2D eigenvalue weighted by Crippen LogP contribution is 2.33. The first-order valence-electron chi connectivity index (χ1n) is 5.49. The van der Waals surface area contributed by atoms with Crippen LogP contribution in [0, 0.1) is 10.1 Å². The summed E-state index contributed by atoms with van der Waals surface area (Å²) in [7, 11) is 2.74. The zero-order valence-electron chi connectivity index (χ0n) is 10.9. The Morgan fingerprint density at radius 3 is 2.48 bits per heavy atom. The summed E-state index contributed by atoms with van der Waals surface area (Å²) in [6.45, 7) is 0. The number of hydrogen-bond donors (Lipinski definition) is 0. The number of halogens is 1. The number of nitro groups is 1. The van der Waals surface area contributed by atoms with E-state index in [2.05, 4.69) is 15.0 Å². The summed E-state index contributed by atoms with van der Waals surface area (Å²) < 4.78 is 15.0. The maximum absolute atomic E-state index is 11.0. The predicted molar refractivity (Wildman–Crippen MR) is 71.1 cm³/mol. The van der Waals surface area contributed by atoms with Crippen LogP contribution in [0.1, 0.15) is 0 Å². The molecule has 1 aromatic carbocycles. The van der Waals surface area contributed by atoms with Crippen LogP contribution in [0.15, 0.2) is 18.2 Å². The highest BCUT2D eigenvalue weighted by molar-refractivity contribution is 6.28. The van der Waals surface area contributed by atoms with Gasteiger partial charge in [0, 0.05) is 0 Å². The van der Waals surface area contributed by atoms with Crippen molar-refractivity contribution < 1.29 is 19.1 Å². The zero-order valence-corrected chi connectivity index (χ0v) is 11.7. The van der Waals surface area contributed by atoms with E-state index >= 15 is 0 Å². The number of aromatic nitrogens is 3. The maximum atomic E-state index is 11.0. The summed E-state index contributed by atoms with van der Waals surface area (Å²) in [5, 5.41) is 10.9. The van der Waals surface area contributed by atoms with E-state index in [4.69, 9.17) is 25.8 Å². The number of benzene rings is 1. The van der Waals surface area contributed by atoms with Gasteiger partial charge in [0.2, 0.25) is 11.0 Å². The number of rotatable bonds is 5. The molecule has 0 saturated heterocycles. The minimum absolute atomic E-state index is 0.0647. The van der Waals surface area contributed by atoms with Crippen LogP contribution in [0.25, 0.3) is 0 Å². The summed E-state index contributed by atoms with van der Waals surface area (Å²) in [5.41, 5.74) is -0.301. The number of ether oxygens (including phenoxy) is 3. The van der Waals surface area contributed by atoms with E-state index < -0.39 is 4.92 Å². The average Bonchev–Trinajstić information content (AvgIpc) is 2.46. The highest BCUT2D eigenvalue weighted by atomic mass is 35.5. The number of methoxy groups -OCH3 is 2. The van der Waals surface area contributed by atoms with E-state index in [1.165, 1.54) is 32.4 Å². The minimum Gasteiger partial charge on any atom is -0.496 e. The Labute approximate surface area is 123 Å². The molecule has 0 unspecified atom stereocenters. The molecule has 2 rings (SSSR count). The fourth-order valence-corrected chi connectivity index (χ4v) is 1.55. The van der Waals surface area contributed by atoms with Crippen LogP contribution in [0.3, 0.4) is 0 Å². The Hall–Kier alpha value is -2.68. The first-order chi connectivity index (χ1) is 10.0. The van der Waals surface area contributed by atoms with Crippen molar-refractivity contribution in [1.29, 1.82) is 0 Å². The molecule has 0 aliphatic rings. The fraction of sp³-hybridized carbons (Fsp3) is 0.182. The maximum Gasteiger partial charge on any atom is 0.329 e. The van der Waals surface area contributed by atoms with Crippen molar-refractivity contribution in [2.75, 3.05) is 14.2 Å². The minimum atomic E-state index is -0.613. The molecule has 21 heavy (non-hydrogen) atoms. The molecule has 1 heterocycles. The molecule has 9 nitrogen and oxygen atoms in total. The summed E-state index contributed by atoms with van der Waals surface area (Å²) >= 11 is 5.67. The molecule has 2 aromatic rings. The van der Waals surface area contributed by atoms with Crippen LogP contribution < -0.4 is 14.2 Å². The van der Waals surface area contributed by atoms with Crippen molar-refractivity contribution in [3.63, 3.8) is 0 Å². The molecule has 0 radical (unpaired) electrons. The lowest BCUT2D eigenvalue weighted by molar-refractivity contribution is -0.385. The predicted octanol–water partition coefficient (Wildman–Crippen LogP) is 2.24. The van der Waals surface area contributed by atoms with Crippen molar-refractivity contribution in [2.45, 2.75) is 0 Å². The van der Waals surface area contributed by atoms with Crippen LogP contribution in [0.5, 0.6) is 23.5 Å². The molecular weight excluding hydrogens is 304 g/mol. The quantitative estimate of drug-likeness (QED) is 0.610. The van der Waals surface area contributed by atoms with Gasteiger partial charge in [-0.05, 0) is 23.7 Å². The molecule has 0 bridgehead atoms. The summed E-state index contributed by atoms with van der Waals surface area (Å²) in [6, 6.07) is 3.79. The van der Waals surface area contributed by atoms with Crippen LogP contribution in [-0.4, -0.2) is 34.1 Å². The van der Waals surface area contributed by atoms with Crippen molar-refractivity contribution in [3.05, 3.63) is 33.6 Å². The second kappa shape index (κ2) is 6.18. The van der Waals surface area contributed by atoms with Gasteiger partial charge in [-0.15, -0.1) is 4.98 Å². The van der Waals surface area contributed by atoms with Gasteiger partial charge in [0.25, 0.3) is 0 Å². The Balaban J connectivity index is 2.39. The third kappa shape index (κ3) is 3.45. The molecule has 1 aromatic heterocycles. The van der Waals surface area contributed by atoms with Gasteiger partial charge in [-0.25, -0.2) is 0 Å². The van der Waals surface area contributed by atoms with E-state index in [1.807, 2.05) is 0 Å². The van der Waals surface area contributed by atoms with Gasteiger partial charge in [0.05, 0.1) is 25.2 Å². The van der Waals surface area contributed by atoms with E-state index in [1.54, 1.807) is 0 Å². The van der Waals surface area contributed by atoms with Crippen LogP contribution >= 0.6 is 11.6 Å². The van der Waals surface area contributed by atoms with Gasteiger partial charge in [-0.1, -0.05) is 0 Å². The summed E-state index contributed by atoms with van der Waals surface area (Å²) in [4.78, 5) is 21.6. The first-order valence-corrected chi connectivity index (χ1v) is 5.87. The molecule has 110 valence electrons. The fourth-order valence-electron chi connectivity index (χ4n) is 1.40. The van der Waals surface area contributed by atoms with E-state index in [0.717, 1.165) is 0 Å². The summed E-state index contributed by atoms with van der Waals surface area (Å²) in [6.07, 6.45) is 0. The van der Waals surface area contributed by atoms with Gasteiger partial charge in [0.15, 0.2) is 0 Å². The molecule has 0 aliphatic heterocycles. The summed E-state index contributed by atoms with van der Waals surface area (Å²) in [5.74, 6) is 0.255. The molecule has 0 spiro atoms. The van der Waals surface area contributed by atoms with Crippen molar-refractivity contribution in [3.8, 4) is 23.5 Å². The van der Waals surface area contributed by atoms with Crippen LogP contribution in [-0.2, 0) is 0 Å². The zero-order chi connectivity index (χ0) is 15.4. The van der Waals surface area contributed by atoms with Crippen molar-refractivity contribution in [2.24, 2.45) is 0 Å². The third-order valence-corrected chi connectivity index (χ3v) is 2.48. The molecule has 0 N–H and O–H groups in total. The number of nitro benzene ring substituents is 1. The molecule has 0 saturated carbocycles. The van der Waals surface area contributed by atoms with Gasteiger partial charge < -0.3 is 14.2 Å². The topological polar surface area (TPSA) is 110 Å². The Morgan fingerprint density at radius 2 is 1.86 bits per heavy atom. The monoisotopic (exact) mass is 312 g/mol. The number of nitrogens with zero attached hydrogens (tertiary/aromatic N) is 4. The van der Waals surface area contributed by atoms with Crippen LogP contribution in [0.4, 0.5) is 5.69 Å². The lowest BCUT2D eigenvalue weighted by Gasteiger charge is -2.07. The SMILES string of the molecule is COc1ccc(Oc2nc(Cl)nc(OC)n2)c([N+](=O)[O-])c1. The van der Waals surface area contributed by atoms with Gasteiger partial charge in [-0.2, -0.15) is 9.97 Å². The van der Waals surface area contributed by atoms with E-state index in [0.29, 0.717) is 5.75 Å². The first kappa shape index (κ1) is 14.7. The van der Waals surface area contributed by atoms with Crippen molar-refractivity contribution >= 4 is 17.3 Å².